The number of pyridine rings is 1. The van der Waals surface area contributed by atoms with E-state index in [1.807, 2.05) is 14.1 Å². The number of aromatic nitrogens is 1. The highest BCUT2D eigenvalue weighted by atomic mass is 15.1. The fraction of sp³-hybridized carbons (Fsp3) is 0.167. The van der Waals surface area contributed by atoms with Crippen LogP contribution in [-0.4, -0.2) is 19.1 Å². The second kappa shape index (κ2) is 4.97. The largest absolute Gasteiger partial charge is 0.362 e. The molecule has 2 aromatic carbocycles. The minimum atomic E-state index is 1.01. The van der Waals surface area contributed by atoms with Gasteiger partial charge in [-0.2, -0.15) is 0 Å². The van der Waals surface area contributed by atoms with Gasteiger partial charge in [-0.05, 0) is 24.4 Å². The Morgan fingerprint density at radius 3 is 2.45 bits per heavy atom. The normalized spacial score (nSPS) is 10.8. The van der Waals surface area contributed by atoms with E-state index in [9.17, 15) is 0 Å². The third kappa shape index (κ3) is 2.25. The lowest BCUT2D eigenvalue weighted by Gasteiger charge is -2.16. The molecule has 0 bridgehead atoms. The zero-order valence-corrected chi connectivity index (χ0v) is 12.1. The highest BCUT2D eigenvalue weighted by Gasteiger charge is 2.09. The zero-order valence-electron chi connectivity index (χ0n) is 12.1. The molecule has 3 aromatic rings. The van der Waals surface area contributed by atoms with Gasteiger partial charge in [-0.25, -0.2) is 4.98 Å². The molecule has 2 heteroatoms. The van der Waals surface area contributed by atoms with Gasteiger partial charge in [0.15, 0.2) is 0 Å². The summed E-state index contributed by atoms with van der Waals surface area (Å²) in [5, 5.41) is 2.41. The zero-order chi connectivity index (χ0) is 14.1. The van der Waals surface area contributed by atoms with Gasteiger partial charge in [0.2, 0.25) is 0 Å². The SMILES string of the molecule is Cc1cccc(-c2cc3ccccc3c(N(C)C)n2)c1. The predicted molar refractivity (Wildman–Crippen MR) is 86.2 cm³/mol. The third-order valence-corrected chi connectivity index (χ3v) is 3.46. The number of anilines is 1. The molecule has 0 aliphatic heterocycles. The summed E-state index contributed by atoms with van der Waals surface area (Å²) in [5.74, 6) is 1.01. The Morgan fingerprint density at radius 2 is 1.70 bits per heavy atom. The Morgan fingerprint density at radius 1 is 0.900 bits per heavy atom. The van der Waals surface area contributed by atoms with Crippen molar-refractivity contribution in [1.29, 1.82) is 0 Å². The highest BCUT2D eigenvalue weighted by Crippen LogP contribution is 2.29. The molecule has 0 saturated heterocycles. The molecule has 0 saturated carbocycles. The number of benzene rings is 2. The van der Waals surface area contributed by atoms with Gasteiger partial charge in [0, 0.05) is 25.0 Å². The van der Waals surface area contributed by atoms with Gasteiger partial charge >= 0.3 is 0 Å². The topological polar surface area (TPSA) is 16.1 Å². The molecular weight excluding hydrogens is 244 g/mol. The van der Waals surface area contributed by atoms with Crippen molar-refractivity contribution in [3.8, 4) is 11.3 Å². The average Bonchev–Trinajstić information content (AvgIpc) is 2.46. The standard InChI is InChI=1S/C18H18N2/c1-13-7-6-9-15(11-13)17-12-14-8-4-5-10-16(14)18(19-17)20(2)3/h4-12H,1-3H3. The summed E-state index contributed by atoms with van der Waals surface area (Å²) < 4.78 is 0. The molecular formula is C18H18N2. The maximum Gasteiger partial charge on any atom is 0.136 e. The fourth-order valence-electron chi connectivity index (χ4n) is 2.47. The molecule has 0 spiro atoms. The summed E-state index contributed by atoms with van der Waals surface area (Å²) in [6.45, 7) is 2.11. The minimum absolute atomic E-state index is 1.01. The Bertz CT molecular complexity index is 760. The van der Waals surface area contributed by atoms with Crippen molar-refractivity contribution in [3.05, 3.63) is 60.2 Å². The second-order valence-corrected chi connectivity index (χ2v) is 5.32. The van der Waals surface area contributed by atoms with Gasteiger partial charge in [0.1, 0.15) is 5.82 Å². The van der Waals surface area contributed by atoms with E-state index in [1.165, 1.54) is 21.9 Å². The average molecular weight is 262 g/mol. The molecule has 0 amide bonds. The number of nitrogens with zero attached hydrogens (tertiary/aromatic N) is 2. The van der Waals surface area contributed by atoms with Crippen LogP contribution in [0.5, 0.6) is 0 Å². The molecule has 1 aromatic heterocycles. The van der Waals surface area contributed by atoms with Crippen molar-refractivity contribution in [3.63, 3.8) is 0 Å². The van der Waals surface area contributed by atoms with Crippen molar-refractivity contribution in [1.82, 2.24) is 4.98 Å². The Balaban J connectivity index is 2.27. The number of aryl methyl sites for hydroxylation is 1. The van der Waals surface area contributed by atoms with Crippen molar-refractivity contribution >= 4 is 16.6 Å². The van der Waals surface area contributed by atoms with Crippen molar-refractivity contribution in [2.24, 2.45) is 0 Å². The molecule has 0 aliphatic carbocycles. The molecule has 0 aliphatic rings. The molecule has 0 radical (unpaired) electrons. The molecule has 0 unspecified atom stereocenters. The third-order valence-electron chi connectivity index (χ3n) is 3.46. The van der Waals surface area contributed by atoms with Crippen LogP contribution in [0.25, 0.3) is 22.0 Å². The predicted octanol–water partition coefficient (Wildman–Crippen LogP) is 4.28. The summed E-state index contributed by atoms with van der Waals surface area (Å²) in [5.41, 5.74) is 3.44. The number of hydrogen-bond acceptors (Lipinski definition) is 2. The summed E-state index contributed by atoms with van der Waals surface area (Å²) in [7, 11) is 4.07. The Labute approximate surface area is 119 Å². The summed E-state index contributed by atoms with van der Waals surface area (Å²) in [6, 6.07) is 19.0. The summed E-state index contributed by atoms with van der Waals surface area (Å²) >= 11 is 0. The maximum absolute atomic E-state index is 4.84. The van der Waals surface area contributed by atoms with E-state index in [-0.39, 0.29) is 0 Å². The second-order valence-electron chi connectivity index (χ2n) is 5.32. The van der Waals surface area contributed by atoms with Crippen LogP contribution in [0.15, 0.2) is 54.6 Å². The van der Waals surface area contributed by atoms with Crippen molar-refractivity contribution in [2.75, 3.05) is 19.0 Å². The molecule has 100 valence electrons. The van der Waals surface area contributed by atoms with E-state index in [0.29, 0.717) is 0 Å². The van der Waals surface area contributed by atoms with Gasteiger partial charge in [0.25, 0.3) is 0 Å². The monoisotopic (exact) mass is 262 g/mol. The van der Waals surface area contributed by atoms with E-state index in [4.69, 9.17) is 4.98 Å². The van der Waals surface area contributed by atoms with E-state index in [0.717, 1.165) is 11.5 Å². The van der Waals surface area contributed by atoms with Crippen LogP contribution in [0.2, 0.25) is 0 Å². The number of hydrogen-bond donors (Lipinski definition) is 0. The Hall–Kier alpha value is -2.35. The van der Waals surface area contributed by atoms with Crippen molar-refractivity contribution in [2.45, 2.75) is 6.92 Å². The van der Waals surface area contributed by atoms with Gasteiger partial charge in [0.05, 0.1) is 5.69 Å². The first-order valence-electron chi connectivity index (χ1n) is 6.79. The smallest absolute Gasteiger partial charge is 0.136 e. The maximum atomic E-state index is 4.84. The first kappa shape index (κ1) is 12.7. The summed E-state index contributed by atoms with van der Waals surface area (Å²) in [6.07, 6.45) is 0. The Kier molecular flexibility index (Phi) is 3.15. The quantitative estimate of drug-likeness (QED) is 0.685. The molecule has 3 rings (SSSR count). The molecule has 1 heterocycles. The van der Waals surface area contributed by atoms with Crippen LogP contribution in [0, 0.1) is 6.92 Å². The van der Waals surface area contributed by atoms with E-state index < -0.39 is 0 Å². The van der Waals surface area contributed by atoms with Crippen LogP contribution in [0.1, 0.15) is 5.56 Å². The van der Waals surface area contributed by atoms with Crippen LogP contribution < -0.4 is 4.90 Å². The lowest BCUT2D eigenvalue weighted by atomic mass is 10.0. The number of rotatable bonds is 2. The molecule has 2 nitrogen and oxygen atoms in total. The van der Waals surface area contributed by atoms with Gasteiger partial charge in [-0.15, -0.1) is 0 Å². The van der Waals surface area contributed by atoms with E-state index in [2.05, 4.69) is 66.4 Å². The van der Waals surface area contributed by atoms with Crippen LogP contribution >= 0.6 is 0 Å². The van der Waals surface area contributed by atoms with Crippen LogP contribution in [0.4, 0.5) is 5.82 Å². The van der Waals surface area contributed by atoms with Gasteiger partial charge in [-0.1, -0.05) is 48.0 Å². The first-order valence-corrected chi connectivity index (χ1v) is 6.79. The van der Waals surface area contributed by atoms with E-state index in [1.54, 1.807) is 0 Å². The fourth-order valence-corrected chi connectivity index (χ4v) is 2.47. The lowest BCUT2D eigenvalue weighted by Crippen LogP contribution is -2.11. The number of fused-ring (bicyclic) bond motifs is 1. The molecule has 0 fully saturated rings. The molecule has 0 atom stereocenters. The van der Waals surface area contributed by atoms with Gasteiger partial charge in [-0.3, -0.25) is 0 Å². The van der Waals surface area contributed by atoms with Crippen molar-refractivity contribution < 1.29 is 0 Å². The molecule has 0 N–H and O–H groups in total. The van der Waals surface area contributed by atoms with E-state index >= 15 is 0 Å². The summed E-state index contributed by atoms with van der Waals surface area (Å²) in [4.78, 5) is 6.91. The van der Waals surface area contributed by atoms with Crippen LogP contribution in [0.3, 0.4) is 0 Å². The first-order chi connectivity index (χ1) is 9.65. The van der Waals surface area contributed by atoms with Crippen LogP contribution in [-0.2, 0) is 0 Å². The van der Waals surface area contributed by atoms with Gasteiger partial charge < -0.3 is 4.90 Å². The highest BCUT2D eigenvalue weighted by molar-refractivity contribution is 5.94. The molecule has 20 heavy (non-hydrogen) atoms. The minimum Gasteiger partial charge on any atom is -0.362 e. The lowest BCUT2D eigenvalue weighted by molar-refractivity contribution is 1.08.